The van der Waals surface area contributed by atoms with Gasteiger partial charge in [0, 0.05) is 17.8 Å². The van der Waals surface area contributed by atoms with Crippen molar-refractivity contribution < 1.29 is 17.2 Å². The zero-order valence-electron chi connectivity index (χ0n) is 15.0. The second-order valence-corrected chi connectivity index (χ2v) is 8.51. The van der Waals surface area contributed by atoms with E-state index in [1.54, 1.807) is 16.8 Å². The van der Waals surface area contributed by atoms with Crippen LogP contribution in [0.25, 0.3) is 11.3 Å². The minimum atomic E-state index is -4.05. The van der Waals surface area contributed by atoms with Crippen molar-refractivity contribution in [2.45, 2.75) is 36.6 Å². The number of nitrogens with zero attached hydrogens (tertiary/aromatic N) is 2. The molecule has 4 rings (SSSR count). The van der Waals surface area contributed by atoms with Crippen molar-refractivity contribution in [3.63, 3.8) is 0 Å². The molecule has 0 saturated heterocycles. The Morgan fingerprint density at radius 2 is 1.71 bits per heavy atom. The van der Waals surface area contributed by atoms with Gasteiger partial charge in [0.2, 0.25) is 0 Å². The first kappa shape index (κ1) is 18.6. The third-order valence-corrected chi connectivity index (χ3v) is 6.29. The summed E-state index contributed by atoms with van der Waals surface area (Å²) in [5, 5.41) is 4.57. The van der Waals surface area contributed by atoms with E-state index in [4.69, 9.17) is 0 Å². The SMILES string of the molecule is O=S(=O)(Nc1ccc(F)c(F)c1)c1cn(C2CCCC2)nc1-c1ccccc1. The van der Waals surface area contributed by atoms with E-state index in [2.05, 4.69) is 9.82 Å². The third-order valence-electron chi connectivity index (χ3n) is 4.91. The van der Waals surface area contributed by atoms with E-state index in [0.717, 1.165) is 37.8 Å². The molecule has 28 heavy (non-hydrogen) atoms. The lowest BCUT2D eigenvalue weighted by Crippen LogP contribution is -2.13. The van der Waals surface area contributed by atoms with Crippen LogP contribution in [0.1, 0.15) is 31.7 Å². The molecule has 1 aromatic heterocycles. The van der Waals surface area contributed by atoms with Crippen LogP contribution in [-0.4, -0.2) is 18.2 Å². The number of nitrogens with one attached hydrogen (secondary N) is 1. The zero-order valence-corrected chi connectivity index (χ0v) is 15.8. The Bertz CT molecular complexity index is 1090. The van der Waals surface area contributed by atoms with Gasteiger partial charge >= 0.3 is 0 Å². The molecule has 0 atom stereocenters. The van der Waals surface area contributed by atoms with Crippen LogP contribution in [0.3, 0.4) is 0 Å². The fourth-order valence-electron chi connectivity index (χ4n) is 3.49. The van der Waals surface area contributed by atoms with Crippen molar-refractivity contribution in [1.29, 1.82) is 0 Å². The third kappa shape index (κ3) is 3.64. The summed E-state index contributed by atoms with van der Waals surface area (Å²) in [7, 11) is -4.05. The van der Waals surface area contributed by atoms with Crippen molar-refractivity contribution >= 4 is 15.7 Å². The number of aromatic nitrogens is 2. The molecule has 1 aliphatic rings. The molecule has 0 amide bonds. The Hall–Kier alpha value is -2.74. The Kier molecular flexibility index (Phi) is 4.89. The molecule has 1 fully saturated rings. The number of anilines is 1. The maximum atomic E-state index is 13.5. The first-order valence-electron chi connectivity index (χ1n) is 9.06. The summed E-state index contributed by atoms with van der Waals surface area (Å²) < 4.78 is 56.8. The van der Waals surface area contributed by atoms with Gasteiger partial charge in [-0.1, -0.05) is 43.2 Å². The molecule has 1 N–H and O–H groups in total. The van der Waals surface area contributed by atoms with Crippen LogP contribution in [0.15, 0.2) is 59.6 Å². The summed E-state index contributed by atoms with van der Waals surface area (Å²) in [4.78, 5) is 0.00957. The summed E-state index contributed by atoms with van der Waals surface area (Å²) in [5.41, 5.74) is 0.957. The van der Waals surface area contributed by atoms with E-state index in [9.17, 15) is 17.2 Å². The largest absolute Gasteiger partial charge is 0.279 e. The van der Waals surface area contributed by atoms with Crippen LogP contribution in [0.5, 0.6) is 0 Å². The van der Waals surface area contributed by atoms with Gasteiger partial charge in [0.15, 0.2) is 11.6 Å². The molecular weight excluding hydrogens is 384 g/mol. The summed E-state index contributed by atoms with van der Waals surface area (Å²) in [6.45, 7) is 0. The van der Waals surface area contributed by atoms with Crippen molar-refractivity contribution in [3.8, 4) is 11.3 Å². The smallest absolute Gasteiger partial charge is 0.265 e. The van der Waals surface area contributed by atoms with Gasteiger partial charge in [-0.25, -0.2) is 17.2 Å². The molecule has 0 radical (unpaired) electrons. The maximum absolute atomic E-state index is 13.5. The Morgan fingerprint density at radius 3 is 2.39 bits per heavy atom. The van der Waals surface area contributed by atoms with Gasteiger partial charge in [0.1, 0.15) is 10.6 Å². The topological polar surface area (TPSA) is 64.0 Å². The van der Waals surface area contributed by atoms with Crippen LogP contribution < -0.4 is 4.72 Å². The van der Waals surface area contributed by atoms with Crippen LogP contribution in [0.2, 0.25) is 0 Å². The zero-order chi connectivity index (χ0) is 19.7. The second kappa shape index (κ2) is 7.35. The van der Waals surface area contributed by atoms with Crippen molar-refractivity contribution in [1.82, 2.24) is 9.78 Å². The van der Waals surface area contributed by atoms with Gasteiger partial charge < -0.3 is 0 Å². The number of sulfonamides is 1. The standard InChI is InChI=1S/C20H19F2N3O2S/c21-17-11-10-15(12-18(17)22)24-28(26,27)19-13-25(16-8-4-5-9-16)23-20(19)14-6-2-1-3-7-14/h1-3,6-7,10-13,16,24H,4-5,8-9H2. The lowest BCUT2D eigenvalue weighted by Gasteiger charge is -2.09. The van der Waals surface area contributed by atoms with Gasteiger partial charge in [-0.2, -0.15) is 5.10 Å². The molecule has 0 unspecified atom stereocenters. The molecule has 0 bridgehead atoms. The fraction of sp³-hybridized carbons (Fsp3) is 0.250. The molecule has 1 heterocycles. The van der Waals surface area contributed by atoms with Crippen LogP contribution in [0.4, 0.5) is 14.5 Å². The van der Waals surface area contributed by atoms with E-state index in [1.807, 2.05) is 18.2 Å². The monoisotopic (exact) mass is 403 g/mol. The number of hydrogen-bond donors (Lipinski definition) is 1. The van der Waals surface area contributed by atoms with Gasteiger partial charge in [-0.05, 0) is 25.0 Å². The highest BCUT2D eigenvalue weighted by molar-refractivity contribution is 7.92. The van der Waals surface area contributed by atoms with E-state index >= 15 is 0 Å². The van der Waals surface area contributed by atoms with Gasteiger partial charge in [0.25, 0.3) is 10.0 Å². The molecule has 1 saturated carbocycles. The molecule has 146 valence electrons. The minimum absolute atomic E-state index is 0.00957. The fourth-order valence-corrected chi connectivity index (χ4v) is 4.70. The van der Waals surface area contributed by atoms with Gasteiger partial charge in [-0.15, -0.1) is 0 Å². The minimum Gasteiger partial charge on any atom is -0.279 e. The van der Waals surface area contributed by atoms with Gasteiger partial charge in [-0.3, -0.25) is 9.40 Å². The molecule has 1 aliphatic carbocycles. The lowest BCUT2D eigenvalue weighted by molar-refractivity contribution is 0.467. The quantitative estimate of drug-likeness (QED) is 0.669. The lowest BCUT2D eigenvalue weighted by atomic mass is 10.2. The Balaban J connectivity index is 1.76. The van der Waals surface area contributed by atoms with Gasteiger partial charge in [0.05, 0.1) is 11.7 Å². The highest BCUT2D eigenvalue weighted by Crippen LogP contribution is 2.34. The maximum Gasteiger partial charge on any atom is 0.265 e. The van der Waals surface area contributed by atoms with E-state index < -0.39 is 21.7 Å². The number of benzene rings is 2. The van der Waals surface area contributed by atoms with Crippen molar-refractivity contribution in [2.24, 2.45) is 0 Å². The molecular formula is C20H19F2N3O2S. The predicted octanol–water partition coefficient (Wildman–Crippen LogP) is 4.74. The van der Waals surface area contributed by atoms with Crippen LogP contribution >= 0.6 is 0 Å². The molecule has 8 heteroatoms. The second-order valence-electron chi connectivity index (χ2n) is 6.86. The highest BCUT2D eigenvalue weighted by Gasteiger charge is 2.27. The Labute approximate surface area is 162 Å². The summed E-state index contributed by atoms with van der Waals surface area (Å²) in [6.07, 6.45) is 5.60. The van der Waals surface area contributed by atoms with E-state index in [1.165, 1.54) is 12.3 Å². The first-order valence-corrected chi connectivity index (χ1v) is 10.5. The van der Waals surface area contributed by atoms with Crippen LogP contribution in [-0.2, 0) is 10.0 Å². The predicted molar refractivity (Wildman–Crippen MR) is 102 cm³/mol. The number of rotatable bonds is 5. The number of hydrogen-bond acceptors (Lipinski definition) is 3. The molecule has 0 spiro atoms. The van der Waals surface area contributed by atoms with Crippen molar-refractivity contribution in [3.05, 3.63) is 66.4 Å². The molecule has 3 aromatic rings. The molecule has 5 nitrogen and oxygen atoms in total. The van der Waals surface area contributed by atoms with Crippen LogP contribution in [0, 0.1) is 11.6 Å². The molecule has 2 aromatic carbocycles. The van der Waals surface area contributed by atoms with Crippen molar-refractivity contribution in [2.75, 3.05) is 4.72 Å². The number of halogens is 2. The normalized spacial score (nSPS) is 15.1. The summed E-state index contributed by atoms with van der Waals surface area (Å²) >= 11 is 0. The first-order chi connectivity index (χ1) is 13.4. The summed E-state index contributed by atoms with van der Waals surface area (Å²) in [6, 6.07) is 12.1. The molecule has 0 aliphatic heterocycles. The average molecular weight is 403 g/mol. The Morgan fingerprint density at radius 1 is 1.00 bits per heavy atom. The van der Waals surface area contributed by atoms with E-state index in [-0.39, 0.29) is 16.6 Å². The highest BCUT2D eigenvalue weighted by atomic mass is 32.2. The summed E-state index contributed by atoms with van der Waals surface area (Å²) in [5.74, 6) is -2.16. The van der Waals surface area contributed by atoms with E-state index in [0.29, 0.717) is 11.3 Å². The average Bonchev–Trinajstić information content (AvgIpc) is 3.35.